The predicted octanol–water partition coefficient (Wildman–Crippen LogP) is 3.51. The lowest BCUT2D eigenvalue weighted by atomic mass is 9.83. The fourth-order valence-corrected chi connectivity index (χ4v) is 1.94. The zero-order valence-corrected chi connectivity index (χ0v) is 11.9. The molecule has 1 N–H and O–H groups in total. The number of carbonyl (C=O) groups is 1. The lowest BCUT2D eigenvalue weighted by molar-refractivity contribution is -0.384. The molecule has 2 aromatic carbocycles. The van der Waals surface area contributed by atoms with E-state index in [2.05, 4.69) is 5.32 Å². The van der Waals surface area contributed by atoms with E-state index >= 15 is 0 Å². The fourth-order valence-electron chi connectivity index (χ4n) is 1.94. The summed E-state index contributed by atoms with van der Waals surface area (Å²) in [6.07, 6.45) is 0. The maximum absolute atomic E-state index is 12.4. The van der Waals surface area contributed by atoms with Crippen LogP contribution in [0.3, 0.4) is 0 Å². The summed E-state index contributed by atoms with van der Waals surface area (Å²) in [4.78, 5) is 22.5. The summed E-state index contributed by atoms with van der Waals surface area (Å²) in [5, 5.41) is 13.4. The molecule has 0 aliphatic heterocycles. The average Bonchev–Trinajstić information content (AvgIpc) is 2.48. The second-order valence-electron chi connectivity index (χ2n) is 5.25. The summed E-state index contributed by atoms with van der Waals surface area (Å²) in [5.41, 5.74) is 0.748. The van der Waals surface area contributed by atoms with Crippen molar-refractivity contribution in [3.8, 4) is 0 Å². The lowest BCUT2D eigenvalue weighted by Gasteiger charge is -2.24. The Bertz CT molecular complexity index is 649. The zero-order chi connectivity index (χ0) is 15.5. The van der Waals surface area contributed by atoms with Crippen LogP contribution >= 0.6 is 0 Å². The lowest BCUT2D eigenvalue weighted by Crippen LogP contribution is -2.34. The molecule has 0 atom stereocenters. The molecule has 21 heavy (non-hydrogen) atoms. The maximum atomic E-state index is 12.4. The van der Waals surface area contributed by atoms with Gasteiger partial charge in [-0.2, -0.15) is 0 Å². The highest BCUT2D eigenvalue weighted by molar-refractivity contribution is 5.98. The fraction of sp³-hybridized carbons (Fsp3) is 0.188. The SMILES string of the molecule is CC(C)(C(=O)Nc1ccc([N+](=O)[O-])cc1)c1ccccc1. The number of nitrogens with one attached hydrogen (secondary N) is 1. The van der Waals surface area contributed by atoms with E-state index in [0.717, 1.165) is 5.56 Å². The van der Waals surface area contributed by atoms with Crippen LogP contribution in [0.25, 0.3) is 0 Å². The molecule has 5 heteroatoms. The van der Waals surface area contributed by atoms with Crippen molar-refractivity contribution >= 4 is 17.3 Å². The van der Waals surface area contributed by atoms with Crippen LogP contribution in [0, 0.1) is 10.1 Å². The molecule has 1 amide bonds. The van der Waals surface area contributed by atoms with Gasteiger partial charge in [0.15, 0.2) is 0 Å². The number of nitro groups is 1. The summed E-state index contributed by atoms with van der Waals surface area (Å²) in [6.45, 7) is 3.67. The number of benzene rings is 2. The number of amides is 1. The number of nitrogens with zero attached hydrogens (tertiary/aromatic N) is 1. The Balaban J connectivity index is 2.15. The van der Waals surface area contributed by atoms with Gasteiger partial charge in [0.1, 0.15) is 0 Å². The Labute approximate surface area is 122 Å². The van der Waals surface area contributed by atoms with Crippen molar-refractivity contribution in [1.82, 2.24) is 0 Å². The zero-order valence-electron chi connectivity index (χ0n) is 11.9. The van der Waals surface area contributed by atoms with Gasteiger partial charge in [-0.25, -0.2) is 0 Å². The van der Waals surface area contributed by atoms with Crippen LogP contribution < -0.4 is 5.32 Å². The van der Waals surface area contributed by atoms with Gasteiger partial charge in [0.25, 0.3) is 5.69 Å². The van der Waals surface area contributed by atoms with Crippen molar-refractivity contribution in [2.75, 3.05) is 5.32 Å². The van der Waals surface area contributed by atoms with Crippen LogP contribution in [-0.4, -0.2) is 10.8 Å². The van der Waals surface area contributed by atoms with E-state index in [1.54, 1.807) is 0 Å². The Morgan fingerprint density at radius 1 is 1.05 bits per heavy atom. The number of carbonyl (C=O) groups excluding carboxylic acids is 1. The minimum Gasteiger partial charge on any atom is -0.325 e. The number of nitro benzene ring substituents is 1. The van der Waals surface area contributed by atoms with Crippen molar-refractivity contribution in [2.24, 2.45) is 0 Å². The van der Waals surface area contributed by atoms with Crippen LogP contribution in [0.4, 0.5) is 11.4 Å². The van der Waals surface area contributed by atoms with E-state index in [-0.39, 0.29) is 11.6 Å². The Hall–Kier alpha value is -2.69. The first-order valence-electron chi connectivity index (χ1n) is 6.52. The first kappa shape index (κ1) is 14.7. The third-order valence-corrected chi connectivity index (χ3v) is 3.40. The number of hydrogen-bond donors (Lipinski definition) is 1. The highest BCUT2D eigenvalue weighted by Crippen LogP contribution is 2.25. The normalized spacial score (nSPS) is 11.0. The van der Waals surface area contributed by atoms with Crippen molar-refractivity contribution in [1.29, 1.82) is 0 Å². The van der Waals surface area contributed by atoms with Gasteiger partial charge in [-0.3, -0.25) is 14.9 Å². The second kappa shape index (κ2) is 5.75. The third kappa shape index (κ3) is 3.25. The van der Waals surface area contributed by atoms with Crippen molar-refractivity contribution in [2.45, 2.75) is 19.3 Å². The number of non-ortho nitro benzene ring substituents is 1. The molecule has 0 heterocycles. The van der Waals surface area contributed by atoms with Gasteiger partial charge >= 0.3 is 0 Å². The van der Waals surface area contributed by atoms with Crippen LogP contribution in [0.1, 0.15) is 19.4 Å². The summed E-state index contributed by atoms with van der Waals surface area (Å²) >= 11 is 0. The van der Waals surface area contributed by atoms with Gasteiger partial charge in [0.05, 0.1) is 10.3 Å². The van der Waals surface area contributed by atoms with Crippen LogP contribution in [-0.2, 0) is 10.2 Å². The minimum absolute atomic E-state index is 0.00433. The molecule has 0 bridgehead atoms. The first-order valence-corrected chi connectivity index (χ1v) is 6.52. The summed E-state index contributed by atoms with van der Waals surface area (Å²) < 4.78 is 0. The maximum Gasteiger partial charge on any atom is 0.269 e. The van der Waals surface area contributed by atoms with Gasteiger partial charge < -0.3 is 5.32 Å². The molecule has 108 valence electrons. The van der Waals surface area contributed by atoms with E-state index < -0.39 is 10.3 Å². The van der Waals surface area contributed by atoms with Gasteiger partial charge in [0, 0.05) is 17.8 Å². The standard InChI is InChI=1S/C16H16N2O3/c1-16(2,12-6-4-3-5-7-12)15(19)17-13-8-10-14(11-9-13)18(20)21/h3-11H,1-2H3,(H,17,19). The molecule has 0 fully saturated rings. The van der Waals surface area contributed by atoms with Gasteiger partial charge in [-0.05, 0) is 31.5 Å². The van der Waals surface area contributed by atoms with Crippen molar-refractivity contribution in [3.63, 3.8) is 0 Å². The van der Waals surface area contributed by atoms with Crippen molar-refractivity contribution in [3.05, 3.63) is 70.3 Å². The molecule has 0 saturated heterocycles. The summed E-state index contributed by atoms with van der Waals surface area (Å²) in [6, 6.07) is 15.2. The summed E-state index contributed by atoms with van der Waals surface area (Å²) in [7, 11) is 0. The second-order valence-corrected chi connectivity index (χ2v) is 5.25. The monoisotopic (exact) mass is 284 g/mol. The van der Waals surface area contributed by atoms with Crippen LogP contribution in [0.5, 0.6) is 0 Å². The highest BCUT2D eigenvalue weighted by atomic mass is 16.6. The van der Waals surface area contributed by atoms with Gasteiger partial charge in [0.2, 0.25) is 5.91 Å². The molecule has 2 rings (SSSR count). The highest BCUT2D eigenvalue weighted by Gasteiger charge is 2.29. The smallest absolute Gasteiger partial charge is 0.269 e. The molecule has 0 aliphatic carbocycles. The molecule has 0 radical (unpaired) electrons. The Morgan fingerprint density at radius 3 is 2.14 bits per heavy atom. The molecule has 0 spiro atoms. The molecular weight excluding hydrogens is 268 g/mol. The van der Waals surface area contributed by atoms with E-state index in [1.807, 2.05) is 44.2 Å². The molecule has 0 aromatic heterocycles. The van der Waals surface area contributed by atoms with Crippen molar-refractivity contribution < 1.29 is 9.72 Å². The molecule has 0 saturated carbocycles. The topological polar surface area (TPSA) is 72.2 Å². The molecule has 0 aliphatic rings. The number of anilines is 1. The number of rotatable bonds is 4. The molecular formula is C16H16N2O3. The average molecular weight is 284 g/mol. The van der Waals surface area contributed by atoms with E-state index in [1.165, 1.54) is 24.3 Å². The van der Waals surface area contributed by atoms with E-state index in [0.29, 0.717) is 5.69 Å². The van der Waals surface area contributed by atoms with E-state index in [9.17, 15) is 14.9 Å². The molecule has 0 unspecified atom stereocenters. The Morgan fingerprint density at radius 2 is 1.62 bits per heavy atom. The quantitative estimate of drug-likeness (QED) is 0.689. The molecule has 5 nitrogen and oxygen atoms in total. The predicted molar refractivity (Wildman–Crippen MR) is 81.2 cm³/mol. The number of hydrogen-bond acceptors (Lipinski definition) is 3. The third-order valence-electron chi connectivity index (χ3n) is 3.40. The first-order chi connectivity index (χ1) is 9.91. The largest absolute Gasteiger partial charge is 0.325 e. The Kier molecular flexibility index (Phi) is 4.03. The summed E-state index contributed by atoms with van der Waals surface area (Å²) in [5.74, 6) is -0.164. The van der Waals surface area contributed by atoms with Crippen LogP contribution in [0.2, 0.25) is 0 Å². The van der Waals surface area contributed by atoms with Crippen LogP contribution in [0.15, 0.2) is 54.6 Å². The van der Waals surface area contributed by atoms with Gasteiger partial charge in [-0.1, -0.05) is 30.3 Å². The van der Waals surface area contributed by atoms with Gasteiger partial charge in [-0.15, -0.1) is 0 Å². The molecule has 2 aromatic rings. The minimum atomic E-state index is -0.691. The van der Waals surface area contributed by atoms with E-state index in [4.69, 9.17) is 0 Å².